The van der Waals surface area contributed by atoms with Crippen LogP contribution in [0, 0.1) is 0 Å². The molecule has 0 aromatic carbocycles. The van der Waals surface area contributed by atoms with Gasteiger partial charge in [0.1, 0.15) is 0 Å². The van der Waals surface area contributed by atoms with Crippen LogP contribution in [0.4, 0.5) is 5.69 Å². The number of nitrogens with zero attached hydrogens (tertiary/aromatic N) is 2. The van der Waals surface area contributed by atoms with Crippen LogP contribution >= 0.6 is 0 Å². The molecule has 0 aliphatic carbocycles. The Balaban J connectivity index is 1.90. The van der Waals surface area contributed by atoms with Crippen LogP contribution in [0.15, 0.2) is 18.5 Å². The molecule has 1 saturated heterocycles. The Morgan fingerprint density at radius 3 is 2.89 bits per heavy atom. The first kappa shape index (κ1) is 13.8. The zero-order valence-corrected chi connectivity index (χ0v) is 11.6. The Hall–Kier alpha value is -1.62. The van der Waals surface area contributed by atoms with Crippen molar-refractivity contribution in [3.05, 3.63) is 24.0 Å². The van der Waals surface area contributed by atoms with Crippen molar-refractivity contribution in [1.82, 2.24) is 15.2 Å². The summed E-state index contributed by atoms with van der Waals surface area (Å²) in [7, 11) is 1.80. The van der Waals surface area contributed by atoms with Crippen LogP contribution in [0.5, 0.6) is 0 Å². The molecule has 1 aromatic rings. The van der Waals surface area contributed by atoms with E-state index >= 15 is 0 Å². The van der Waals surface area contributed by atoms with E-state index in [4.69, 9.17) is 0 Å². The van der Waals surface area contributed by atoms with E-state index < -0.39 is 0 Å². The third-order valence-corrected chi connectivity index (χ3v) is 3.66. The highest BCUT2D eigenvalue weighted by Crippen LogP contribution is 2.13. The van der Waals surface area contributed by atoms with Gasteiger partial charge >= 0.3 is 0 Å². The van der Waals surface area contributed by atoms with Crippen molar-refractivity contribution in [2.45, 2.75) is 25.8 Å². The third-order valence-electron chi connectivity index (χ3n) is 3.66. The number of nitrogens with one attached hydrogen (secondary N) is 2. The summed E-state index contributed by atoms with van der Waals surface area (Å²) in [4.78, 5) is 18.6. The summed E-state index contributed by atoms with van der Waals surface area (Å²) >= 11 is 0. The molecule has 0 spiro atoms. The molecule has 5 nitrogen and oxygen atoms in total. The minimum absolute atomic E-state index is 0.0662. The van der Waals surface area contributed by atoms with Crippen LogP contribution in [0.25, 0.3) is 0 Å². The third kappa shape index (κ3) is 3.44. The fourth-order valence-corrected chi connectivity index (χ4v) is 2.44. The highest BCUT2D eigenvalue weighted by Gasteiger charge is 2.19. The minimum Gasteiger partial charge on any atom is -0.387 e. The second kappa shape index (κ2) is 6.52. The monoisotopic (exact) mass is 262 g/mol. The molecule has 0 radical (unpaired) electrons. The van der Waals surface area contributed by atoms with Gasteiger partial charge in [0, 0.05) is 37.7 Å². The van der Waals surface area contributed by atoms with Gasteiger partial charge in [0.2, 0.25) is 0 Å². The zero-order valence-electron chi connectivity index (χ0n) is 11.6. The summed E-state index contributed by atoms with van der Waals surface area (Å²) in [6, 6.07) is 2.19. The van der Waals surface area contributed by atoms with Crippen LogP contribution in [-0.2, 0) is 0 Å². The number of hydrogen-bond acceptors (Lipinski definition) is 4. The lowest BCUT2D eigenvalue weighted by Gasteiger charge is -2.24. The van der Waals surface area contributed by atoms with E-state index in [0.717, 1.165) is 18.8 Å². The van der Waals surface area contributed by atoms with Gasteiger partial charge in [0.25, 0.3) is 5.91 Å². The van der Waals surface area contributed by atoms with Crippen molar-refractivity contribution in [3.8, 4) is 0 Å². The molecular weight excluding hydrogens is 240 g/mol. The number of amides is 1. The highest BCUT2D eigenvalue weighted by molar-refractivity contribution is 5.99. The second-order valence-corrected chi connectivity index (χ2v) is 4.97. The number of carbonyl (C=O) groups is 1. The first-order chi connectivity index (χ1) is 9.22. The Labute approximate surface area is 114 Å². The van der Waals surface area contributed by atoms with Crippen LogP contribution in [0.3, 0.4) is 0 Å². The first-order valence-electron chi connectivity index (χ1n) is 6.86. The number of likely N-dealkylation sites (tertiary alicyclic amines) is 1. The Bertz CT molecular complexity index is 429. The van der Waals surface area contributed by atoms with E-state index in [1.807, 2.05) is 0 Å². The van der Waals surface area contributed by atoms with E-state index in [1.165, 1.54) is 12.8 Å². The average Bonchev–Trinajstić information content (AvgIpc) is 2.98. The molecule has 1 amide bonds. The fourth-order valence-electron chi connectivity index (χ4n) is 2.44. The number of pyridine rings is 1. The first-order valence-corrected chi connectivity index (χ1v) is 6.86. The molecule has 1 atom stereocenters. The van der Waals surface area contributed by atoms with Gasteiger partial charge in [0.15, 0.2) is 0 Å². The van der Waals surface area contributed by atoms with Gasteiger partial charge in [-0.3, -0.25) is 14.7 Å². The van der Waals surface area contributed by atoms with Crippen LogP contribution in [0.2, 0.25) is 0 Å². The minimum atomic E-state index is -0.0662. The fraction of sp³-hybridized carbons (Fsp3) is 0.571. The average molecular weight is 262 g/mol. The van der Waals surface area contributed by atoms with E-state index in [9.17, 15) is 4.79 Å². The van der Waals surface area contributed by atoms with Gasteiger partial charge in [-0.1, -0.05) is 0 Å². The van der Waals surface area contributed by atoms with E-state index in [-0.39, 0.29) is 5.91 Å². The Kier molecular flexibility index (Phi) is 4.74. The molecule has 104 valence electrons. The summed E-state index contributed by atoms with van der Waals surface area (Å²) in [6.45, 7) is 5.13. The number of rotatable bonds is 5. The molecule has 2 heterocycles. The van der Waals surface area contributed by atoms with Crippen LogP contribution in [0.1, 0.15) is 30.1 Å². The van der Waals surface area contributed by atoms with Crippen molar-refractivity contribution in [3.63, 3.8) is 0 Å². The molecule has 0 saturated carbocycles. The number of hydrogen-bond donors (Lipinski definition) is 2. The predicted octanol–water partition coefficient (Wildman–Crippen LogP) is 1.34. The summed E-state index contributed by atoms with van der Waals surface area (Å²) in [5.41, 5.74) is 1.40. The van der Waals surface area contributed by atoms with Gasteiger partial charge in [-0.25, -0.2) is 0 Å². The molecule has 19 heavy (non-hydrogen) atoms. The normalized spacial score (nSPS) is 17.2. The molecule has 2 N–H and O–H groups in total. The molecule has 1 fully saturated rings. The summed E-state index contributed by atoms with van der Waals surface area (Å²) in [6.07, 6.45) is 5.81. The van der Waals surface area contributed by atoms with Crippen molar-refractivity contribution >= 4 is 11.6 Å². The Morgan fingerprint density at radius 2 is 2.21 bits per heavy atom. The molecule has 1 aliphatic heterocycles. The maximum absolute atomic E-state index is 12.1. The van der Waals surface area contributed by atoms with Crippen molar-refractivity contribution < 1.29 is 4.79 Å². The standard InChI is InChI=1S/C14H22N4O/c1-11(18-7-3-4-8-18)9-17-14(19)12-10-16-6-5-13(12)15-2/h5-6,10-11H,3-4,7-9H2,1-2H3,(H,15,16)(H,17,19). The van der Waals surface area contributed by atoms with Crippen molar-refractivity contribution in [2.24, 2.45) is 0 Å². The quantitative estimate of drug-likeness (QED) is 0.840. The van der Waals surface area contributed by atoms with Gasteiger partial charge in [-0.2, -0.15) is 0 Å². The highest BCUT2D eigenvalue weighted by atomic mass is 16.1. The molecule has 2 rings (SSSR count). The number of anilines is 1. The maximum Gasteiger partial charge on any atom is 0.255 e. The Morgan fingerprint density at radius 1 is 1.47 bits per heavy atom. The largest absolute Gasteiger partial charge is 0.387 e. The second-order valence-electron chi connectivity index (χ2n) is 4.97. The maximum atomic E-state index is 12.1. The smallest absolute Gasteiger partial charge is 0.255 e. The molecule has 0 bridgehead atoms. The summed E-state index contributed by atoms with van der Waals surface area (Å²) in [5, 5.41) is 6.00. The van der Waals surface area contributed by atoms with E-state index in [0.29, 0.717) is 18.2 Å². The van der Waals surface area contributed by atoms with Crippen molar-refractivity contribution in [1.29, 1.82) is 0 Å². The SMILES string of the molecule is CNc1ccncc1C(=O)NCC(C)N1CCCC1. The van der Waals surface area contributed by atoms with E-state index in [1.54, 1.807) is 25.5 Å². The van der Waals surface area contributed by atoms with Gasteiger partial charge in [-0.15, -0.1) is 0 Å². The summed E-state index contributed by atoms with van der Waals surface area (Å²) in [5.74, 6) is -0.0662. The predicted molar refractivity (Wildman–Crippen MR) is 76.4 cm³/mol. The summed E-state index contributed by atoms with van der Waals surface area (Å²) < 4.78 is 0. The van der Waals surface area contributed by atoms with Crippen molar-refractivity contribution in [2.75, 3.05) is 32.0 Å². The molecule has 1 aliphatic rings. The number of carbonyl (C=O) groups excluding carboxylic acids is 1. The lowest BCUT2D eigenvalue weighted by Crippen LogP contribution is -2.40. The van der Waals surface area contributed by atoms with Crippen LogP contribution < -0.4 is 10.6 Å². The topological polar surface area (TPSA) is 57.3 Å². The van der Waals surface area contributed by atoms with Gasteiger partial charge in [-0.05, 0) is 38.9 Å². The molecule has 1 aromatic heterocycles. The van der Waals surface area contributed by atoms with E-state index in [2.05, 4.69) is 27.4 Å². The number of aromatic nitrogens is 1. The van der Waals surface area contributed by atoms with Gasteiger partial charge < -0.3 is 10.6 Å². The molecule has 5 heteroatoms. The lowest BCUT2D eigenvalue weighted by molar-refractivity contribution is 0.0941. The molecular formula is C14H22N4O. The lowest BCUT2D eigenvalue weighted by atomic mass is 10.2. The van der Waals surface area contributed by atoms with Gasteiger partial charge in [0.05, 0.1) is 5.56 Å². The molecule has 1 unspecified atom stereocenters. The van der Waals surface area contributed by atoms with Crippen LogP contribution in [-0.4, -0.2) is 48.5 Å². The zero-order chi connectivity index (χ0) is 13.7.